The first-order valence-electron chi connectivity index (χ1n) is 6.80. The minimum absolute atomic E-state index is 0.0208. The van der Waals surface area contributed by atoms with Crippen molar-refractivity contribution in [2.75, 3.05) is 13.2 Å². The van der Waals surface area contributed by atoms with Crippen molar-refractivity contribution in [1.29, 1.82) is 0 Å². The lowest BCUT2D eigenvalue weighted by Crippen LogP contribution is -2.38. The van der Waals surface area contributed by atoms with E-state index < -0.39 is 24.5 Å². The van der Waals surface area contributed by atoms with Gasteiger partial charge in [-0.3, -0.25) is 4.79 Å². The van der Waals surface area contributed by atoms with Gasteiger partial charge in [0.05, 0.1) is 12.1 Å². The van der Waals surface area contributed by atoms with Crippen LogP contribution in [0, 0.1) is 0 Å². The molecule has 2 heterocycles. The molecule has 1 unspecified atom stereocenters. The van der Waals surface area contributed by atoms with Crippen LogP contribution in [0.25, 0.3) is 0 Å². The number of nitrogens with zero attached hydrogens (tertiary/aromatic N) is 1. The van der Waals surface area contributed by atoms with Crippen molar-refractivity contribution >= 4 is 17.2 Å². The van der Waals surface area contributed by atoms with E-state index in [1.807, 2.05) is 11.4 Å². The van der Waals surface area contributed by atoms with Gasteiger partial charge in [0.25, 0.3) is 12.3 Å². The van der Waals surface area contributed by atoms with Crippen LogP contribution >= 0.6 is 11.3 Å². The average Bonchev–Trinajstić information content (AvgIpc) is 3.06. The predicted octanol–water partition coefficient (Wildman–Crippen LogP) is 2.42. The zero-order valence-corrected chi connectivity index (χ0v) is 13.1. The third-order valence-corrected chi connectivity index (χ3v) is 4.12. The highest BCUT2D eigenvalue weighted by Crippen LogP contribution is 2.24. The standard InChI is InChI=1S/C15H16F2N2O3S/c1-15(21,11-3-2-6-23-11)9-19-14(20)10-4-5-13(18-7-10)22-8-12(16)17/h2-7,12,21H,8-9H2,1H3,(H,19,20). The second kappa shape index (κ2) is 7.47. The van der Waals surface area contributed by atoms with Gasteiger partial charge in [-0.05, 0) is 24.4 Å². The molecule has 0 aliphatic carbocycles. The molecule has 1 amide bonds. The van der Waals surface area contributed by atoms with Gasteiger partial charge >= 0.3 is 0 Å². The molecule has 0 aliphatic rings. The van der Waals surface area contributed by atoms with E-state index in [-0.39, 0.29) is 18.0 Å². The monoisotopic (exact) mass is 342 g/mol. The Morgan fingerprint density at radius 1 is 1.48 bits per heavy atom. The van der Waals surface area contributed by atoms with Crippen LogP contribution in [0.15, 0.2) is 35.8 Å². The van der Waals surface area contributed by atoms with Gasteiger partial charge in [0.1, 0.15) is 5.60 Å². The molecule has 2 rings (SSSR count). The SMILES string of the molecule is CC(O)(CNC(=O)c1ccc(OCC(F)F)nc1)c1cccs1. The predicted molar refractivity (Wildman–Crippen MR) is 82.0 cm³/mol. The molecule has 23 heavy (non-hydrogen) atoms. The molecule has 0 saturated heterocycles. The second-order valence-electron chi connectivity index (χ2n) is 5.02. The summed E-state index contributed by atoms with van der Waals surface area (Å²) in [7, 11) is 0. The number of ether oxygens (including phenoxy) is 1. The zero-order chi connectivity index (χ0) is 16.9. The van der Waals surface area contributed by atoms with Crippen LogP contribution < -0.4 is 10.1 Å². The number of carbonyl (C=O) groups excluding carboxylic acids is 1. The third-order valence-electron chi connectivity index (χ3n) is 3.00. The summed E-state index contributed by atoms with van der Waals surface area (Å²) in [6.07, 6.45) is -1.35. The van der Waals surface area contributed by atoms with Crippen molar-refractivity contribution < 1.29 is 23.4 Å². The summed E-state index contributed by atoms with van der Waals surface area (Å²) in [5.41, 5.74) is -0.922. The molecule has 2 aromatic rings. The molecular weight excluding hydrogens is 326 g/mol. The number of pyridine rings is 1. The molecular formula is C15H16F2N2O3S. The quantitative estimate of drug-likeness (QED) is 0.811. The molecule has 0 aromatic carbocycles. The van der Waals surface area contributed by atoms with Gasteiger partial charge in [0, 0.05) is 17.1 Å². The lowest BCUT2D eigenvalue weighted by atomic mass is 10.1. The summed E-state index contributed by atoms with van der Waals surface area (Å²) < 4.78 is 28.8. The molecule has 2 aromatic heterocycles. The Bertz CT molecular complexity index is 631. The van der Waals surface area contributed by atoms with E-state index in [1.54, 1.807) is 13.0 Å². The maximum absolute atomic E-state index is 12.0. The van der Waals surface area contributed by atoms with Gasteiger partial charge in [-0.2, -0.15) is 0 Å². The summed E-state index contributed by atoms with van der Waals surface area (Å²) >= 11 is 1.40. The number of alkyl halides is 2. The van der Waals surface area contributed by atoms with Crippen molar-refractivity contribution in [3.8, 4) is 5.88 Å². The van der Waals surface area contributed by atoms with E-state index in [9.17, 15) is 18.7 Å². The molecule has 8 heteroatoms. The second-order valence-corrected chi connectivity index (χ2v) is 5.97. The number of carbonyl (C=O) groups is 1. The molecule has 2 N–H and O–H groups in total. The fourth-order valence-corrected chi connectivity index (χ4v) is 2.56. The first kappa shape index (κ1) is 17.3. The number of aromatic nitrogens is 1. The van der Waals surface area contributed by atoms with Crippen molar-refractivity contribution in [1.82, 2.24) is 10.3 Å². The summed E-state index contributed by atoms with van der Waals surface area (Å²) in [5.74, 6) is -0.401. The van der Waals surface area contributed by atoms with Gasteiger partial charge < -0.3 is 15.2 Å². The summed E-state index contributed by atoms with van der Waals surface area (Å²) in [6, 6.07) is 6.36. The Morgan fingerprint density at radius 2 is 2.26 bits per heavy atom. The molecule has 1 atom stereocenters. The summed E-state index contributed by atoms with van der Waals surface area (Å²) in [5, 5.41) is 14.8. The zero-order valence-electron chi connectivity index (χ0n) is 12.3. The smallest absolute Gasteiger partial charge is 0.272 e. The van der Waals surface area contributed by atoms with E-state index >= 15 is 0 Å². The average molecular weight is 342 g/mol. The van der Waals surface area contributed by atoms with Crippen molar-refractivity contribution in [2.45, 2.75) is 19.0 Å². The van der Waals surface area contributed by atoms with E-state index in [0.29, 0.717) is 0 Å². The summed E-state index contributed by atoms with van der Waals surface area (Å²) in [4.78, 5) is 16.6. The molecule has 0 radical (unpaired) electrons. The Labute approximate surface area is 135 Å². The topological polar surface area (TPSA) is 71.5 Å². The minimum Gasteiger partial charge on any atom is -0.472 e. The number of hydrogen-bond donors (Lipinski definition) is 2. The van der Waals surface area contributed by atoms with Gasteiger partial charge in [0.15, 0.2) is 6.61 Å². The first-order chi connectivity index (χ1) is 10.9. The Kier molecular flexibility index (Phi) is 5.62. The number of thiophene rings is 1. The molecule has 0 spiro atoms. The van der Waals surface area contributed by atoms with Gasteiger partial charge in [0.2, 0.25) is 5.88 Å². The molecule has 0 saturated carbocycles. The van der Waals surface area contributed by atoms with Gasteiger partial charge in [-0.25, -0.2) is 13.8 Å². The number of amides is 1. The van der Waals surface area contributed by atoms with Crippen LogP contribution in [0.5, 0.6) is 5.88 Å². The Hall–Kier alpha value is -2.06. The van der Waals surface area contributed by atoms with E-state index in [4.69, 9.17) is 4.74 Å². The van der Waals surface area contributed by atoms with Crippen LogP contribution in [-0.2, 0) is 5.60 Å². The highest BCUT2D eigenvalue weighted by atomic mass is 32.1. The normalized spacial score (nSPS) is 13.6. The molecule has 5 nitrogen and oxygen atoms in total. The molecule has 0 bridgehead atoms. The van der Waals surface area contributed by atoms with Crippen LogP contribution in [0.1, 0.15) is 22.2 Å². The van der Waals surface area contributed by atoms with Crippen LogP contribution in [0.4, 0.5) is 8.78 Å². The van der Waals surface area contributed by atoms with Crippen molar-refractivity contribution in [3.05, 3.63) is 46.3 Å². The highest BCUT2D eigenvalue weighted by molar-refractivity contribution is 7.10. The third kappa shape index (κ3) is 4.97. The maximum Gasteiger partial charge on any atom is 0.272 e. The number of nitrogens with one attached hydrogen (secondary N) is 1. The van der Waals surface area contributed by atoms with Crippen molar-refractivity contribution in [2.24, 2.45) is 0 Å². The minimum atomic E-state index is -2.58. The first-order valence-corrected chi connectivity index (χ1v) is 7.68. The van der Waals surface area contributed by atoms with Crippen LogP contribution in [-0.4, -0.2) is 35.6 Å². The Balaban J connectivity index is 1.90. The number of rotatable bonds is 7. The molecule has 0 aliphatic heterocycles. The van der Waals surface area contributed by atoms with Crippen LogP contribution in [0.3, 0.4) is 0 Å². The highest BCUT2D eigenvalue weighted by Gasteiger charge is 2.25. The fourth-order valence-electron chi connectivity index (χ4n) is 1.77. The number of hydrogen-bond acceptors (Lipinski definition) is 5. The number of aliphatic hydroxyl groups is 1. The molecule has 0 fully saturated rings. The summed E-state index contributed by atoms with van der Waals surface area (Å²) in [6.45, 7) is 0.900. The van der Waals surface area contributed by atoms with Crippen LogP contribution in [0.2, 0.25) is 0 Å². The fraction of sp³-hybridized carbons (Fsp3) is 0.333. The largest absolute Gasteiger partial charge is 0.472 e. The molecule has 124 valence electrons. The van der Waals surface area contributed by atoms with Crippen molar-refractivity contribution in [3.63, 3.8) is 0 Å². The van der Waals surface area contributed by atoms with Gasteiger partial charge in [-0.15, -0.1) is 11.3 Å². The van der Waals surface area contributed by atoms with E-state index in [0.717, 1.165) is 4.88 Å². The maximum atomic E-state index is 12.0. The Morgan fingerprint density at radius 3 is 2.83 bits per heavy atom. The van der Waals surface area contributed by atoms with Gasteiger partial charge in [-0.1, -0.05) is 6.07 Å². The van der Waals surface area contributed by atoms with E-state index in [1.165, 1.54) is 29.7 Å². The number of halogens is 2. The lowest BCUT2D eigenvalue weighted by Gasteiger charge is -2.22. The lowest BCUT2D eigenvalue weighted by molar-refractivity contribution is 0.0556. The van der Waals surface area contributed by atoms with E-state index in [2.05, 4.69) is 10.3 Å².